The highest BCUT2D eigenvalue weighted by molar-refractivity contribution is 5.86. The van der Waals surface area contributed by atoms with E-state index in [0.29, 0.717) is 32.0 Å². The fourth-order valence-electron chi connectivity index (χ4n) is 2.56. The standard InChI is InChI=1S/C13H22N2O4/c1-12(2,9-3-4-9)14-11(18)15-13(10(16)17)5-7-19-8-6-13/h9H,3-8H2,1-2H3,(H,16,17)(H2,14,15,18). The van der Waals surface area contributed by atoms with Gasteiger partial charge in [-0.1, -0.05) is 0 Å². The highest BCUT2D eigenvalue weighted by atomic mass is 16.5. The highest BCUT2D eigenvalue weighted by Gasteiger charge is 2.44. The monoisotopic (exact) mass is 270 g/mol. The minimum atomic E-state index is -1.19. The molecule has 0 atom stereocenters. The molecule has 0 spiro atoms. The van der Waals surface area contributed by atoms with Crippen molar-refractivity contribution in [3.8, 4) is 0 Å². The Kier molecular flexibility index (Phi) is 3.71. The first-order valence-electron chi connectivity index (χ1n) is 6.77. The third-order valence-electron chi connectivity index (χ3n) is 4.14. The normalized spacial score (nSPS) is 22.6. The Balaban J connectivity index is 1.97. The number of carbonyl (C=O) groups is 2. The number of carbonyl (C=O) groups excluding carboxylic acids is 1. The van der Waals surface area contributed by atoms with Crippen LogP contribution in [0.25, 0.3) is 0 Å². The highest BCUT2D eigenvalue weighted by Crippen LogP contribution is 2.39. The van der Waals surface area contributed by atoms with E-state index in [0.717, 1.165) is 12.8 Å². The van der Waals surface area contributed by atoms with Crippen LogP contribution in [0.2, 0.25) is 0 Å². The fraction of sp³-hybridized carbons (Fsp3) is 0.846. The van der Waals surface area contributed by atoms with Crippen molar-refractivity contribution in [3.63, 3.8) is 0 Å². The molecule has 0 bridgehead atoms. The smallest absolute Gasteiger partial charge is 0.329 e. The summed E-state index contributed by atoms with van der Waals surface area (Å²) in [5.41, 5.74) is -1.48. The van der Waals surface area contributed by atoms with Crippen molar-refractivity contribution >= 4 is 12.0 Å². The molecule has 1 heterocycles. The molecule has 1 saturated heterocycles. The van der Waals surface area contributed by atoms with Crippen LogP contribution < -0.4 is 10.6 Å². The largest absolute Gasteiger partial charge is 0.480 e. The van der Waals surface area contributed by atoms with E-state index in [4.69, 9.17) is 4.74 Å². The molecule has 2 fully saturated rings. The molecular weight excluding hydrogens is 248 g/mol. The molecule has 0 aromatic heterocycles. The number of carboxylic acids is 1. The molecule has 1 aliphatic carbocycles. The molecule has 2 rings (SSSR count). The van der Waals surface area contributed by atoms with E-state index in [9.17, 15) is 14.7 Å². The maximum Gasteiger partial charge on any atom is 0.329 e. The second kappa shape index (κ2) is 5.00. The molecule has 3 N–H and O–H groups in total. The second-order valence-electron chi connectivity index (χ2n) is 6.07. The van der Waals surface area contributed by atoms with E-state index in [1.165, 1.54) is 0 Å². The summed E-state index contributed by atoms with van der Waals surface area (Å²) < 4.78 is 5.17. The number of nitrogens with one attached hydrogen (secondary N) is 2. The Bertz CT molecular complexity index is 371. The lowest BCUT2D eigenvalue weighted by Crippen LogP contribution is -2.62. The molecule has 6 nitrogen and oxygen atoms in total. The fourth-order valence-corrected chi connectivity index (χ4v) is 2.56. The Labute approximate surface area is 112 Å². The van der Waals surface area contributed by atoms with Crippen LogP contribution in [0.1, 0.15) is 39.5 Å². The maximum absolute atomic E-state index is 12.0. The van der Waals surface area contributed by atoms with E-state index < -0.39 is 17.5 Å². The topological polar surface area (TPSA) is 87.7 Å². The molecule has 0 unspecified atom stereocenters. The molecule has 0 aromatic carbocycles. The number of hydrogen-bond acceptors (Lipinski definition) is 3. The third-order valence-corrected chi connectivity index (χ3v) is 4.14. The first-order valence-corrected chi connectivity index (χ1v) is 6.77. The summed E-state index contributed by atoms with van der Waals surface area (Å²) in [6, 6.07) is -0.402. The van der Waals surface area contributed by atoms with Crippen molar-refractivity contribution in [2.24, 2.45) is 5.92 Å². The van der Waals surface area contributed by atoms with Crippen molar-refractivity contribution in [3.05, 3.63) is 0 Å². The number of urea groups is 1. The van der Waals surface area contributed by atoms with Gasteiger partial charge in [-0.25, -0.2) is 9.59 Å². The molecule has 1 aliphatic heterocycles. The van der Waals surface area contributed by atoms with Crippen LogP contribution in [-0.2, 0) is 9.53 Å². The predicted molar refractivity (Wildman–Crippen MR) is 68.9 cm³/mol. The zero-order valence-corrected chi connectivity index (χ0v) is 11.5. The van der Waals surface area contributed by atoms with E-state index in [1.807, 2.05) is 13.8 Å². The summed E-state index contributed by atoms with van der Waals surface area (Å²) >= 11 is 0. The van der Waals surface area contributed by atoms with Gasteiger partial charge in [-0.15, -0.1) is 0 Å². The molecular formula is C13H22N2O4. The van der Waals surface area contributed by atoms with Gasteiger partial charge in [0.25, 0.3) is 0 Å². The molecule has 2 aliphatic rings. The van der Waals surface area contributed by atoms with Gasteiger partial charge in [-0.05, 0) is 32.6 Å². The summed E-state index contributed by atoms with van der Waals surface area (Å²) in [6.45, 7) is 4.67. The van der Waals surface area contributed by atoms with Crippen molar-refractivity contribution in [2.45, 2.75) is 50.6 Å². The molecule has 0 aromatic rings. The van der Waals surface area contributed by atoms with Gasteiger partial charge in [-0.2, -0.15) is 0 Å². The summed E-state index contributed by atoms with van der Waals surface area (Å²) in [5, 5.41) is 14.9. The molecule has 108 valence electrons. The summed E-state index contributed by atoms with van der Waals surface area (Å²) in [4.78, 5) is 23.5. The Hall–Kier alpha value is -1.30. The van der Waals surface area contributed by atoms with Gasteiger partial charge in [0.2, 0.25) is 0 Å². The average Bonchev–Trinajstić information content (AvgIpc) is 3.12. The SMILES string of the molecule is CC(C)(NC(=O)NC1(C(=O)O)CCOCC1)C1CC1. The van der Waals surface area contributed by atoms with Crippen LogP contribution in [0, 0.1) is 5.92 Å². The lowest BCUT2D eigenvalue weighted by Gasteiger charge is -2.35. The summed E-state index contributed by atoms with van der Waals surface area (Å²) in [5.74, 6) is -0.496. The number of aliphatic carboxylic acids is 1. The summed E-state index contributed by atoms with van der Waals surface area (Å²) in [6.07, 6.45) is 2.84. The Morgan fingerprint density at radius 3 is 2.32 bits per heavy atom. The molecule has 6 heteroatoms. The first-order chi connectivity index (χ1) is 8.86. The number of rotatable bonds is 4. The second-order valence-corrected chi connectivity index (χ2v) is 6.07. The number of ether oxygens (including phenoxy) is 1. The van der Waals surface area contributed by atoms with Gasteiger partial charge in [-0.3, -0.25) is 0 Å². The van der Waals surface area contributed by atoms with E-state index in [2.05, 4.69) is 10.6 Å². The third kappa shape index (κ3) is 3.18. The van der Waals surface area contributed by atoms with E-state index in [1.54, 1.807) is 0 Å². The van der Waals surface area contributed by atoms with Gasteiger partial charge in [0.15, 0.2) is 0 Å². The zero-order valence-electron chi connectivity index (χ0n) is 11.5. The number of amides is 2. The van der Waals surface area contributed by atoms with Crippen LogP contribution in [0.4, 0.5) is 4.79 Å². The zero-order chi connectivity index (χ0) is 14.1. The minimum absolute atomic E-state index is 0.283. The van der Waals surface area contributed by atoms with Crippen LogP contribution in [0.3, 0.4) is 0 Å². The lowest BCUT2D eigenvalue weighted by atomic mass is 9.90. The van der Waals surface area contributed by atoms with E-state index in [-0.39, 0.29) is 5.54 Å². The van der Waals surface area contributed by atoms with Gasteiger partial charge >= 0.3 is 12.0 Å². The van der Waals surface area contributed by atoms with Crippen molar-refractivity contribution in [2.75, 3.05) is 13.2 Å². The Morgan fingerprint density at radius 2 is 1.84 bits per heavy atom. The molecule has 19 heavy (non-hydrogen) atoms. The van der Waals surface area contributed by atoms with Gasteiger partial charge in [0.1, 0.15) is 5.54 Å². The van der Waals surface area contributed by atoms with Crippen LogP contribution in [0.5, 0.6) is 0 Å². The maximum atomic E-state index is 12.0. The molecule has 2 amide bonds. The van der Waals surface area contributed by atoms with Crippen LogP contribution >= 0.6 is 0 Å². The van der Waals surface area contributed by atoms with E-state index >= 15 is 0 Å². The van der Waals surface area contributed by atoms with Crippen molar-refractivity contribution in [1.82, 2.24) is 10.6 Å². The minimum Gasteiger partial charge on any atom is -0.480 e. The molecule has 1 saturated carbocycles. The number of carboxylic acid groups (broad SMARTS) is 1. The van der Waals surface area contributed by atoms with Gasteiger partial charge in [0, 0.05) is 31.6 Å². The van der Waals surface area contributed by atoms with Crippen LogP contribution in [-0.4, -0.2) is 41.4 Å². The quantitative estimate of drug-likeness (QED) is 0.714. The van der Waals surface area contributed by atoms with Crippen LogP contribution in [0.15, 0.2) is 0 Å². The average molecular weight is 270 g/mol. The summed E-state index contributed by atoms with van der Waals surface area (Å²) in [7, 11) is 0. The Morgan fingerprint density at radius 1 is 1.26 bits per heavy atom. The number of hydrogen-bond donors (Lipinski definition) is 3. The lowest BCUT2D eigenvalue weighted by molar-refractivity contribution is -0.148. The predicted octanol–water partition coefficient (Wildman–Crippen LogP) is 1.11. The van der Waals surface area contributed by atoms with Gasteiger partial charge in [0.05, 0.1) is 0 Å². The van der Waals surface area contributed by atoms with Crippen molar-refractivity contribution in [1.29, 1.82) is 0 Å². The van der Waals surface area contributed by atoms with Crippen molar-refractivity contribution < 1.29 is 19.4 Å². The first kappa shape index (κ1) is 14.1. The van der Waals surface area contributed by atoms with Gasteiger partial charge < -0.3 is 20.5 Å². The molecule has 0 radical (unpaired) electrons.